The van der Waals surface area contributed by atoms with Crippen molar-refractivity contribution in [2.45, 2.75) is 39.2 Å². The van der Waals surface area contributed by atoms with Crippen LogP contribution in [0.1, 0.15) is 36.7 Å². The van der Waals surface area contributed by atoms with Crippen molar-refractivity contribution in [1.82, 2.24) is 20.1 Å². The third-order valence-electron chi connectivity index (χ3n) is 3.56. The van der Waals surface area contributed by atoms with Crippen LogP contribution in [0.5, 0.6) is 0 Å². The average Bonchev–Trinajstić information content (AvgIpc) is 2.81. The second kappa shape index (κ2) is 6.66. The molecule has 0 saturated heterocycles. The van der Waals surface area contributed by atoms with Gasteiger partial charge in [-0.05, 0) is 12.5 Å². The van der Waals surface area contributed by atoms with Crippen LogP contribution < -0.4 is 5.32 Å². The molecule has 4 heteroatoms. The van der Waals surface area contributed by atoms with E-state index in [-0.39, 0.29) is 0 Å². The zero-order valence-corrected chi connectivity index (χ0v) is 12.8. The van der Waals surface area contributed by atoms with E-state index in [4.69, 9.17) is 0 Å². The summed E-state index contributed by atoms with van der Waals surface area (Å²) in [6, 6.07) is 9.28. The Morgan fingerprint density at radius 1 is 1.20 bits per heavy atom. The quantitative estimate of drug-likeness (QED) is 0.878. The molecule has 2 rings (SSSR count). The molecule has 0 aliphatic heterocycles. The number of nitrogens with one attached hydrogen (secondary N) is 1. The molecule has 1 unspecified atom stereocenters. The molecule has 0 fully saturated rings. The molecular formula is C16H24N4. The van der Waals surface area contributed by atoms with Gasteiger partial charge in [0, 0.05) is 32.0 Å². The van der Waals surface area contributed by atoms with E-state index in [9.17, 15) is 0 Å². The molecule has 1 aromatic heterocycles. The second-order valence-electron chi connectivity index (χ2n) is 5.67. The fourth-order valence-electron chi connectivity index (χ4n) is 2.25. The highest BCUT2D eigenvalue weighted by molar-refractivity contribution is 5.25. The Morgan fingerprint density at radius 3 is 2.45 bits per heavy atom. The Labute approximate surface area is 121 Å². The van der Waals surface area contributed by atoms with E-state index >= 15 is 0 Å². The highest BCUT2D eigenvalue weighted by Crippen LogP contribution is 2.20. The van der Waals surface area contributed by atoms with Crippen LogP contribution in [0.15, 0.2) is 30.6 Å². The van der Waals surface area contributed by atoms with E-state index in [1.54, 1.807) is 6.33 Å². The van der Waals surface area contributed by atoms with Gasteiger partial charge in [-0.25, -0.2) is 4.98 Å². The van der Waals surface area contributed by atoms with Crippen LogP contribution in [-0.4, -0.2) is 27.4 Å². The minimum atomic E-state index is 0.418. The summed E-state index contributed by atoms with van der Waals surface area (Å²) < 4.78 is 1.86. The molecule has 0 aliphatic carbocycles. The predicted octanol–water partition coefficient (Wildman–Crippen LogP) is 2.45. The molecule has 0 saturated carbocycles. The molecule has 0 radical (unpaired) electrons. The van der Waals surface area contributed by atoms with Gasteiger partial charge in [0.05, 0.1) is 0 Å². The Balaban J connectivity index is 2.15. The minimum absolute atomic E-state index is 0.418. The van der Waals surface area contributed by atoms with Crippen LogP contribution in [0.4, 0.5) is 0 Å². The van der Waals surface area contributed by atoms with Crippen molar-refractivity contribution in [2.75, 3.05) is 6.54 Å². The minimum Gasteiger partial charge on any atom is -0.314 e. The number of aromatic nitrogens is 3. The second-order valence-corrected chi connectivity index (χ2v) is 5.67. The molecule has 0 bridgehead atoms. The van der Waals surface area contributed by atoms with Gasteiger partial charge in [0.15, 0.2) is 0 Å². The van der Waals surface area contributed by atoms with Crippen LogP contribution >= 0.6 is 0 Å². The van der Waals surface area contributed by atoms with Crippen molar-refractivity contribution >= 4 is 0 Å². The summed E-state index contributed by atoms with van der Waals surface area (Å²) in [7, 11) is 1.95. The summed E-state index contributed by atoms with van der Waals surface area (Å²) >= 11 is 0. The van der Waals surface area contributed by atoms with Gasteiger partial charge in [0.2, 0.25) is 0 Å². The van der Waals surface area contributed by atoms with E-state index in [0.717, 1.165) is 18.8 Å². The number of nitrogens with zero attached hydrogens (tertiary/aromatic N) is 3. The van der Waals surface area contributed by atoms with Crippen LogP contribution in [-0.2, 0) is 13.5 Å². The zero-order chi connectivity index (χ0) is 14.5. The molecule has 2 aromatic rings. The summed E-state index contributed by atoms with van der Waals surface area (Å²) in [5.41, 5.74) is 2.65. The van der Waals surface area contributed by atoms with Gasteiger partial charge in [-0.3, -0.25) is 4.68 Å². The van der Waals surface area contributed by atoms with Crippen LogP contribution in [0.3, 0.4) is 0 Å². The molecular weight excluding hydrogens is 248 g/mol. The first-order valence-corrected chi connectivity index (χ1v) is 7.19. The summed E-state index contributed by atoms with van der Waals surface area (Å²) in [6.45, 7) is 7.42. The molecule has 0 amide bonds. The molecule has 0 aliphatic rings. The van der Waals surface area contributed by atoms with E-state index in [2.05, 4.69) is 60.4 Å². The normalized spacial score (nSPS) is 12.8. The average molecular weight is 272 g/mol. The fraction of sp³-hybridized carbons (Fsp3) is 0.500. The number of rotatable bonds is 6. The number of aryl methyl sites for hydroxylation is 2. The monoisotopic (exact) mass is 272 g/mol. The van der Waals surface area contributed by atoms with E-state index in [1.807, 2.05) is 11.7 Å². The van der Waals surface area contributed by atoms with E-state index in [1.165, 1.54) is 11.1 Å². The number of hydrogen-bond donors (Lipinski definition) is 1. The lowest BCUT2D eigenvalue weighted by Crippen LogP contribution is -2.29. The smallest absolute Gasteiger partial charge is 0.138 e. The first-order chi connectivity index (χ1) is 9.56. The maximum absolute atomic E-state index is 4.35. The molecule has 1 atom stereocenters. The Kier molecular flexibility index (Phi) is 4.90. The van der Waals surface area contributed by atoms with Crippen molar-refractivity contribution in [3.8, 4) is 0 Å². The van der Waals surface area contributed by atoms with Crippen molar-refractivity contribution in [2.24, 2.45) is 7.05 Å². The van der Waals surface area contributed by atoms with Gasteiger partial charge in [-0.2, -0.15) is 5.10 Å². The Hall–Kier alpha value is -1.68. The standard InChI is InChI=1S/C16H24N4/c1-12(2)17-10-15(9-16-18-11-19-20(16)4)14-7-5-13(3)6-8-14/h5-8,11-12,15,17H,9-10H2,1-4H3. The lowest BCUT2D eigenvalue weighted by molar-refractivity contribution is 0.512. The van der Waals surface area contributed by atoms with Crippen molar-refractivity contribution in [3.05, 3.63) is 47.5 Å². The first kappa shape index (κ1) is 14.7. The highest BCUT2D eigenvalue weighted by Gasteiger charge is 2.15. The molecule has 1 aromatic carbocycles. The first-order valence-electron chi connectivity index (χ1n) is 7.19. The highest BCUT2D eigenvalue weighted by atomic mass is 15.3. The number of benzene rings is 1. The van der Waals surface area contributed by atoms with Crippen LogP contribution in [0, 0.1) is 6.92 Å². The van der Waals surface area contributed by atoms with Crippen molar-refractivity contribution in [1.29, 1.82) is 0 Å². The van der Waals surface area contributed by atoms with Crippen molar-refractivity contribution in [3.63, 3.8) is 0 Å². The topological polar surface area (TPSA) is 42.7 Å². The fourth-order valence-corrected chi connectivity index (χ4v) is 2.25. The largest absolute Gasteiger partial charge is 0.314 e. The van der Waals surface area contributed by atoms with Crippen LogP contribution in [0.25, 0.3) is 0 Å². The lowest BCUT2D eigenvalue weighted by atomic mass is 9.94. The molecule has 0 spiro atoms. The third-order valence-corrected chi connectivity index (χ3v) is 3.56. The Bertz CT molecular complexity index is 528. The summed E-state index contributed by atoms with van der Waals surface area (Å²) in [5, 5.41) is 7.69. The Morgan fingerprint density at radius 2 is 1.90 bits per heavy atom. The maximum Gasteiger partial charge on any atom is 0.138 e. The molecule has 1 heterocycles. The number of hydrogen-bond acceptors (Lipinski definition) is 3. The summed E-state index contributed by atoms with van der Waals surface area (Å²) in [6.07, 6.45) is 2.52. The third kappa shape index (κ3) is 3.90. The van der Waals surface area contributed by atoms with E-state index < -0.39 is 0 Å². The summed E-state index contributed by atoms with van der Waals surface area (Å²) in [5.74, 6) is 1.45. The van der Waals surface area contributed by atoms with Crippen molar-refractivity contribution < 1.29 is 0 Å². The summed E-state index contributed by atoms with van der Waals surface area (Å²) in [4.78, 5) is 4.35. The molecule has 1 N–H and O–H groups in total. The maximum atomic E-state index is 4.35. The molecule has 108 valence electrons. The lowest BCUT2D eigenvalue weighted by Gasteiger charge is -2.19. The van der Waals surface area contributed by atoms with Gasteiger partial charge < -0.3 is 5.32 Å². The van der Waals surface area contributed by atoms with E-state index in [0.29, 0.717) is 12.0 Å². The van der Waals surface area contributed by atoms with Gasteiger partial charge >= 0.3 is 0 Å². The zero-order valence-electron chi connectivity index (χ0n) is 12.8. The van der Waals surface area contributed by atoms with Gasteiger partial charge in [0.25, 0.3) is 0 Å². The van der Waals surface area contributed by atoms with Gasteiger partial charge in [0.1, 0.15) is 12.2 Å². The predicted molar refractivity (Wildman–Crippen MR) is 81.8 cm³/mol. The van der Waals surface area contributed by atoms with Gasteiger partial charge in [-0.15, -0.1) is 0 Å². The van der Waals surface area contributed by atoms with Gasteiger partial charge in [-0.1, -0.05) is 43.7 Å². The van der Waals surface area contributed by atoms with Crippen LogP contribution in [0.2, 0.25) is 0 Å². The molecule has 20 heavy (non-hydrogen) atoms. The molecule has 4 nitrogen and oxygen atoms in total. The SMILES string of the molecule is Cc1ccc(C(CNC(C)C)Cc2ncnn2C)cc1.